The van der Waals surface area contributed by atoms with Gasteiger partial charge in [-0.3, -0.25) is 4.98 Å². The molecule has 4 heteroatoms. The third kappa shape index (κ3) is 2.32. The number of hydrogen-bond acceptors (Lipinski definition) is 3. The Morgan fingerprint density at radius 1 is 1.19 bits per heavy atom. The number of ether oxygens (including phenoxy) is 1. The molecule has 1 aromatic heterocycles. The smallest absolute Gasteiger partial charge is 0.150 e. The van der Waals surface area contributed by atoms with Crippen LogP contribution in [0.4, 0.5) is 0 Å². The van der Waals surface area contributed by atoms with Crippen LogP contribution in [0.15, 0.2) is 42.7 Å². The molecule has 0 fully saturated rings. The van der Waals surface area contributed by atoms with Gasteiger partial charge in [0.25, 0.3) is 0 Å². The summed E-state index contributed by atoms with van der Waals surface area (Å²) in [6, 6.07) is 9.11. The van der Waals surface area contributed by atoms with E-state index in [1.54, 1.807) is 24.5 Å². The summed E-state index contributed by atoms with van der Waals surface area (Å²) in [5.74, 6) is 1.24. The summed E-state index contributed by atoms with van der Waals surface area (Å²) in [4.78, 5) is 4.00. The largest absolute Gasteiger partial charge is 0.454 e. The summed E-state index contributed by atoms with van der Waals surface area (Å²) in [6.45, 7) is 0.405. The zero-order valence-corrected chi connectivity index (χ0v) is 9.32. The summed E-state index contributed by atoms with van der Waals surface area (Å²) in [6.07, 6.45) is 3.31. The van der Waals surface area contributed by atoms with Crippen molar-refractivity contribution >= 4 is 11.6 Å². The van der Waals surface area contributed by atoms with Crippen LogP contribution >= 0.6 is 11.6 Å². The molecule has 0 amide bonds. The molecule has 0 bridgehead atoms. The third-order valence-electron chi connectivity index (χ3n) is 2.15. The maximum absolute atomic E-state index is 5.99. The van der Waals surface area contributed by atoms with Gasteiger partial charge in [-0.2, -0.15) is 0 Å². The molecular weight excluding hydrogens is 224 g/mol. The van der Waals surface area contributed by atoms with Gasteiger partial charge < -0.3 is 10.5 Å². The zero-order valence-electron chi connectivity index (χ0n) is 8.56. The molecule has 1 aromatic carbocycles. The van der Waals surface area contributed by atoms with Crippen molar-refractivity contribution in [1.29, 1.82) is 0 Å². The molecule has 2 aromatic rings. The first-order valence-corrected chi connectivity index (χ1v) is 5.24. The SMILES string of the molecule is NCc1ccncc1Oc1ccccc1Cl. The summed E-state index contributed by atoms with van der Waals surface area (Å²) >= 11 is 5.99. The van der Waals surface area contributed by atoms with Crippen LogP contribution in [0, 0.1) is 0 Å². The van der Waals surface area contributed by atoms with E-state index >= 15 is 0 Å². The maximum atomic E-state index is 5.99. The molecule has 0 atom stereocenters. The first kappa shape index (κ1) is 10.9. The Labute approximate surface area is 98.8 Å². The summed E-state index contributed by atoms with van der Waals surface area (Å²) in [5.41, 5.74) is 6.50. The van der Waals surface area contributed by atoms with E-state index in [0.717, 1.165) is 5.56 Å². The van der Waals surface area contributed by atoms with Crippen molar-refractivity contribution < 1.29 is 4.74 Å². The highest BCUT2D eigenvalue weighted by Gasteiger charge is 2.05. The van der Waals surface area contributed by atoms with Crippen LogP contribution < -0.4 is 10.5 Å². The van der Waals surface area contributed by atoms with E-state index in [9.17, 15) is 0 Å². The van der Waals surface area contributed by atoms with Crippen LogP contribution in [-0.4, -0.2) is 4.98 Å². The Morgan fingerprint density at radius 2 is 2.00 bits per heavy atom. The molecule has 0 aliphatic carbocycles. The normalized spacial score (nSPS) is 10.1. The topological polar surface area (TPSA) is 48.1 Å². The molecule has 0 saturated carbocycles. The van der Waals surface area contributed by atoms with E-state index < -0.39 is 0 Å². The zero-order chi connectivity index (χ0) is 11.4. The lowest BCUT2D eigenvalue weighted by molar-refractivity contribution is 0.474. The molecule has 1 heterocycles. The Morgan fingerprint density at radius 3 is 2.75 bits per heavy atom. The molecular formula is C12H11ClN2O. The van der Waals surface area contributed by atoms with Crippen molar-refractivity contribution in [2.45, 2.75) is 6.54 Å². The second-order valence-electron chi connectivity index (χ2n) is 3.22. The van der Waals surface area contributed by atoms with Gasteiger partial charge in [0.05, 0.1) is 11.2 Å². The minimum absolute atomic E-state index is 0.405. The third-order valence-corrected chi connectivity index (χ3v) is 2.46. The van der Waals surface area contributed by atoms with Crippen molar-refractivity contribution in [3.8, 4) is 11.5 Å². The number of benzene rings is 1. The van der Waals surface area contributed by atoms with Crippen LogP contribution in [0.5, 0.6) is 11.5 Å². The Kier molecular flexibility index (Phi) is 3.39. The first-order valence-electron chi connectivity index (χ1n) is 4.86. The van der Waals surface area contributed by atoms with Crippen molar-refractivity contribution in [2.24, 2.45) is 5.73 Å². The van der Waals surface area contributed by atoms with Crippen molar-refractivity contribution in [3.05, 3.63) is 53.3 Å². The number of aromatic nitrogens is 1. The average Bonchev–Trinajstić information content (AvgIpc) is 2.33. The molecule has 0 aliphatic heterocycles. The van der Waals surface area contributed by atoms with Gasteiger partial charge in [-0.05, 0) is 18.2 Å². The molecule has 0 radical (unpaired) electrons. The molecule has 82 valence electrons. The van der Waals surface area contributed by atoms with Gasteiger partial charge >= 0.3 is 0 Å². The Hall–Kier alpha value is -1.58. The van der Waals surface area contributed by atoms with E-state index in [2.05, 4.69) is 4.98 Å². The Balaban J connectivity index is 2.30. The van der Waals surface area contributed by atoms with E-state index in [1.807, 2.05) is 18.2 Å². The molecule has 0 spiro atoms. The van der Waals surface area contributed by atoms with Gasteiger partial charge in [0.2, 0.25) is 0 Å². The average molecular weight is 235 g/mol. The lowest BCUT2D eigenvalue weighted by Crippen LogP contribution is -1.99. The number of hydrogen-bond donors (Lipinski definition) is 1. The highest BCUT2D eigenvalue weighted by molar-refractivity contribution is 6.32. The predicted molar refractivity (Wildman–Crippen MR) is 63.7 cm³/mol. The highest BCUT2D eigenvalue weighted by Crippen LogP contribution is 2.29. The molecule has 0 saturated heterocycles. The number of nitrogens with zero attached hydrogens (tertiary/aromatic N) is 1. The van der Waals surface area contributed by atoms with E-state index in [0.29, 0.717) is 23.1 Å². The van der Waals surface area contributed by atoms with Crippen LogP contribution in [-0.2, 0) is 6.54 Å². The standard InChI is InChI=1S/C12H11ClN2O/c13-10-3-1-2-4-11(10)16-12-8-15-6-5-9(12)7-14/h1-6,8H,7,14H2. The van der Waals surface area contributed by atoms with Gasteiger partial charge in [0, 0.05) is 18.3 Å². The predicted octanol–water partition coefficient (Wildman–Crippen LogP) is 2.99. The molecule has 0 unspecified atom stereocenters. The number of para-hydroxylation sites is 1. The van der Waals surface area contributed by atoms with Crippen molar-refractivity contribution in [2.75, 3.05) is 0 Å². The van der Waals surface area contributed by atoms with Gasteiger partial charge in [0.15, 0.2) is 0 Å². The fraction of sp³-hybridized carbons (Fsp3) is 0.0833. The summed E-state index contributed by atoms with van der Waals surface area (Å²) in [7, 11) is 0. The molecule has 0 aliphatic rings. The summed E-state index contributed by atoms with van der Waals surface area (Å²) in [5, 5.41) is 0.564. The van der Waals surface area contributed by atoms with Crippen LogP contribution in [0.3, 0.4) is 0 Å². The van der Waals surface area contributed by atoms with Gasteiger partial charge in [0.1, 0.15) is 11.5 Å². The van der Waals surface area contributed by atoms with E-state index in [-0.39, 0.29) is 0 Å². The molecule has 2 N–H and O–H groups in total. The molecule has 16 heavy (non-hydrogen) atoms. The van der Waals surface area contributed by atoms with Crippen LogP contribution in [0.2, 0.25) is 5.02 Å². The van der Waals surface area contributed by atoms with Crippen molar-refractivity contribution in [1.82, 2.24) is 4.98 Å². The fourth-order valence-electron chi connectivity index (χ4n) is 1.32. The second-order valence-corrected chi connectivity index (χ2v) is 3.63. The lowest BCUT2D eigenvalue weighted by Gasteiger charge is -2.09. The lowest BCUT2D eigenvalue weighted by atomic mass is 10.2. The van der Waals surface area contributed by atoms with Gasteiger partial charge in [-0.15, -0.1) is 0 Å². The van der Waals surface area contributed by atoms with E-state index in [4.69, 9.17) is 22.1 Å². The van der Waals surface area contributed by atoms with E-state index in [1.165, 1.54) is 0 Å². The van der Waals surface area contributed by atoms with Gasteiger partial charge in [-0.1, -0.05) is 23.7 Å². The molecule has 2 rings (SSSR count). The Bertz CT molecular complexity index is 488. The minimum Gasteiger partial charge on any atom is -0.454 e. The van der Waals surface area contributed by atoms with Crippen LogP contribution in [0.25, 0.3) is 0 Å². The quantitative estimate of drug-likeness (QED) is 0.888. The number of halogens is 1. The highest BCUT2D eigenvalue weighted by atomic mass is 35.5. The summed E-state index contributed by atoms with van der Waals surface area (Å²) < 4.78 is 5.66. The number of rotatable bonds is 3. The monoisotopic (exact) mass is 234 g/mol. The molecule has 3 nitrogen and oxygen atoms in total. The van der Waals surface area contributed by atoms with Crippen LogP contribution in [0.1, 0.15) is 5.56 Å². The first-order chi connectivity index (χ1) is 7.81. The fourth-order valence-corrected chi connectivity index (χ4v) is 1.49. The maximum Gasteiger partial charge on any atom is 0.150 e. The second kappa shape index (κ2) is 4.96. The number of nitrogens with two attached hydrogens (primary N) is 1. The minimum atomic E-state index is 0.405. The van der Waals surface area contributed by atoms with Gasteiger partial charge in [-0.25, -0.2) is 0 Å². The number of pyridine rings is 1. The van der Waals surface area contributed by atoms with Crippen molar-refractivity contribution in [3.63, 3.8) is 0 Å².